The van der Waals surface area contributed by atoms with Crippen LogP contribution in [0.5, 0.6) is 0 Å². The molecular formula is C15H12BrN5O. The van der Waals surface area contributed by atoms with Crippen LogP contribution in [0.3, 0.4) is 0 Å². The third-order valence-electron chi connectivity index (χ3n) is 2.97. The van der Waals surface area contributed by atoms with Crippen LogP contribution < -0.4 is 5.43 Å². The van der Waals surface area contributed by atoms with Crippen molar-refractivity contribution in [3.63, 3.8) is 0 Å². The molecule has 0 spiro atoms. The minimum atomic E-state index is -0.262. The first-order chi connectivity index (χ1) is 10.7. The molecular weight excluding hydrogens is 346 g/mol. The van der Waals surface area contributed by atoms with E-state index in [4.69, 9.17) is 0 Å². The number of hydrogen-bond donors (Lipinski definition) is 1. The van der Waals surface area contributed by atoms with Crippen LogP contribution in [-0.2, 0) is 11.3 Å². The van der Waals surface area contributed by atoms with Gasteiger partial charge in [0.25, 0.3) is 5.91 Å². The first-order valence-corrected chi connectivity index (χ1v) is 7.37. The van der Waals surface area contributed by atoms with Gasteiger partial charge in [-0.05, 0) is 29.8 Å². The first-order valence-electron chi connectivity index (χ1n) is 6.58. The number of para-hydroxylation sites is 1. The monoisotopic (exact) mass is 357 g/mol. The largest absolute Gasteiger partial charge is 0.271 e. The normalized spacial score (nSPS) is 11.1. The van der Waals surface area contributed by atoms with E-state index in [0.717, 1.165) is 21.1 Å². The Morgan fingerprint density at radius 2 is 2.14 bits per heavy atom. The molecule has 7 heteroatoms. The van der Waals surface area contributed by atoms with E-state index in [9.17, 15) is 4.79 Å². The number of halogens is 1. The molecule has 0 saturated heterocycles. The van der Waals surface area contributed by atoms with Crippen molar-refractivity contribution in [2.24, 2.45) is 5.10 Å². The summed E-state index contributed by atoms with van der Waals surface area (Å²) in [7, 11) is 0. The van der Waals surface area contributed by atoms with Crippen molar-refractivity contribution in [3.8, 4) is 0 Å². The maximum Gasteiger partial charge on any atom is 0.261 e. The average Bonchev–Trinajstić information content (AvgIpc) is 2.91. The summed E-state index contributed by atoms with van der Waals surface area (Å²) in [6.07, 6.45) is 1.59. The molecule has 0 atom stereocenters. The van der Waals surface area contributed by atoms with Gasteiger partial charge < -0.3 is 0 Å². The fourth-order valence-electron chi connectivity index (χ4n) is 1.97. The molecule has 0 aliphatic carbocycles. The zero-order chi connectivity index (χ0) is 15.4. The fourth-order valence-corrected chi connectivity index (χ4v) is 2.39. The summed E-state index contributed by atoms with van der Waals surface area (Å²) < 4.78 is 2.50. The SMILES string of the molecule is O=C(Cn1nnc2ccccc21)NN=Cc1cccc(Br)c1. The van der Waals surface area contributed by atoms with Crippen LogP contribution in [0.2, 0.25) is 0 Å². The average molecular weight is 358 g/mol. The van der Waals surface area contributed by atoms with Crippen LogP contribution in [0.1, 0.15) is 5.56 Å². The minimum Gasteiger partial charge on any atom is -0.271 e. The Bertz CT molecular complexity index is 843. The van der Waals surface area contributed by atoms with Gasteiger partial charge in [0, 0.05) is 4.47 Å². The van der Waals surface area contributed by atoms with Gasteiger partial charge in [0.1, 0.15) is 12.1 Å². The molecule has 3 aromatic rings. The molecule has 0 saturated carbocycles. The molecule has 1 N–H and O–H groups in total. The van der Waals surface area contributed by atoms with Crippen molar-refractivity contribution < 1.29 is 4.79 Å². The number of hydrazone groups is 1. The number of fused-ring (bicyclic) bond motifs is 1. The number of carbonyl (C=O) groups is 1. The van der Waals surface area contributed by atoms with E-state index in [0.29, 0.717) is 0 Å². The lowest BCUT2D eigenvalue weighted by atomic mass is 10.2. The smallest absolute Gasteiger partial charge is 0.261 e. The molecule has 110 valence electrons. The van der Waals surface area contributed by atoms with Gasteiger partial charge in [0.15, 0.2) is 0 Å². The van der Waals surface area contributed by atoms with Crippen LogP contribution in [0, 0.1) is 0 Å². The van der Waals surface area contributed by atoms with Gasteiger partial charge in [-0.1, -0.05) is 45.4 Å². The predicted molar refractivity (Wildman–Crippen MR) is 87.4 cm³/mol. The van der Waals surface area contributed by atoms with E-state index < -0.39 is 0 Å². The third-order valence-corrected chi connectivity index (χ3v) is 3.46. The van der Waals surface area contributed by atoms with Gasteiger partial charge in [-0.2, -0.15) is 5.10 Å². The number of hydrogen-bond acceptors (Lipinski definition) is 4. The number of carbonyl (C=O) groups excluding carboxylic acids is 1. The first kappa shape index (κ1) is 14.4. The zero-order valence-corrected chi connectivity index (χ0v) is 13.1. The fraction of sp³-hybridized carbons (Fsp3) is 0.0667. The molecule has 1 aromatic heterocycles. The minimum absolute atomic E-state index is 0.0658. The Kier molecular flexibility index (Phi) is 4.24. The maximum atomic E-state index is 11.9. The van der Waals surface area contributed by atoms with Gasteiger partial charge in [0.05, 0.1) is 11.7 Å². The van der Waals surface area contributed by atoms with Crippen LogP contribution in [0.25, 0.3) is 11.0 Å². The number of benzene rings is 2. The Morgan fingerprint density at radius 3 is 3.00 bits per heavy atom. The van der Waals surface area contributed by atoms with Gasteiger partial charge in [-0.25, -0.2) is 10.1 Å². The summed E-state index contributed by atoms with van der Waals surface area (Å²) in [6, 6.07) is 15.1. The van der Waals surface area contributed by atoms with Crippen molar-refractivity contribution in [2.75, 3.05) is 0 Å². The standard InChI is InChI=1S/C15H12BrN5O/c16-12-5-3-4-11(8-12)9-17-19-15(22)10-21-14-7-2-1-6-13(14)18-20-21/h1-9H,10H2,(H,19,22). The highest BCUT2D eigenvalue weighted by Gasteiger charge is 2.07. The second-order valence-electron chi connectivity index (χ2n) is 4.58. The predicted octanol–water partition coefficient (Wildman–Crippen LogP) is 2.34. The Hall–Kier alpha value is -2.54. The van der Waals surface area contributed by atoms with E-state index in [2.05, 4.69) is 36.8 Å². The Labute approximate surface area is 135 Å². The molecule has 0 unspecified atom stereocenters. The van der Waals surface area contributed by atoms with E-state index >= 15 is 0 Å². The van der Waals surface area contributed by atoms with Crippen LogP contribution >= 0.6 is 15.9 Å². The summed E-state index contributed by atoms with van der Waals surface area (Å²) in [5.41, 5.74) is 4.94. The molecule has 3 rings (SSSR count). The molecule has 22 heavy (non-hydrogen) atoms. The van der Waals surface area contributed by atoms with Crippen LogP contribution in [0.15, 0.2) is 58.1 Å². The maximum absolute atomic E-state index is 11.9. The van der Waals surface area contributed by atoms with Gasteiger partial charge in [-0.3, -0.25) is 4.79 Å². The number of amides is 1. The Balaban J connectivity index is 1.63. The van der Waals surface area contributed by atoms with E-state index in [1.54, 1.807) is 10.9 Å². The molecule has 2 aromatic carbocycles. The summed E-state index contributed by atoms with van der Waals surface area (Å²) >= 11 is 3.38. The molecule has 0 radical (unpaired) electrons. The molecule has 6 nitrogen and oxygen atoms in total. The number of nitrogens with zero attached hydrogens (tertiary/aromatic N) is 4. The highest BCUT2D eigenvalue weighted by atomic mass is 79.9. The molecule has 1 heterocycles. The van der Waals surface area contributed by atoms with Crippen molar-refractivity contribution in [3.05, 3.63) is 58.6 Å². The van der Waals surface area contributed by atoms with Gasteiger partial charge in [-0.15, -0.1) is 5.10 Å². The van der Waals surface area contributed by atoms with Crippen LogP contribution in [-0.4, -0.2) is 27.1 Å². The lowest BCUT2D eigenvalue weighted by Crippen LogP contribution is -2.23. The zero-order valence-electron chi connectivity index (χ0n) is 11.5. The number of aromatic nitrogens is 3. The third kappa shape index (κ3) is 3.37. The molecule has 0 fully saturated rings. The summed E-state index contributed by atoms with van der Waals surface area (Å²) in [6.45, 7) is 0.0658. The van der Waals surface area contributed by atoms with Crippen molar-refractivity contribution in [1.29, 1.82) is 0 Å². The quantitative estimate of drug-likeness (QED) is 0.575. The van der Waals surface area contributed by atoms with Crippen molar-refractivity contribution in [1.82, 2.24) is 20.4 Å². The highest BCUT2D eigenvalue weighted by molar-refractivity contribution is 9.10. The molecule has 1 amide bonds. The second kappa shape index (κ2) is 6.48. The number of rotatable bonds is 4. The molecule has 0 bridgehead atoms. The Morgan fingerprint density at radius 1 is 1.27 bits per heavy atom. The molecule has 0 aliphatic heterocycles. The van der Waals surface area contributed by atoms with E-state index in [-0.39, 0.29) is 12.5 Å². The van der Waals surface area contributed by atoms with Gasteiger partial charge >= 0.3 is 0 Å². The lowest BCUT2D eigenvalue weighted by molar-refractivity contribution is -0.121. The topological polar surface area (TPSA) is 72.2 Å². The lowest BCUT2D eigenvalue weighted by Gasteiger charge is -2.01. The van der Waals surface area contributed by atoms with Gasteiger partial charge in [0.2, 0.25) is 0 Å². The second-order valence-corrected chi connectivity index (χ2v) is 5.50. The van der Waals surface area contributed by atoms with Crippen molar-refractivity contribution >= 4 is 39.1 Å². The van der Waals surface area contributed by atoms with E-state index in [1.807, 2.05) is 48.5 Å². The van der Waals surface area contributed by atoms with Crippen LogP contribution in [0.4, 0.5) is 0 Å². The van der Waals surface area contributed by atoms with Crippen molar-refractivity contribution in [2.45, 2.75) is 6.54 Å². The molecule has 0 aliphatic rings. The highest BCUT2D eigenvalue weighted by Crippen LogP contribution is 2.10. The summed E-state index contributed by atoms with van der Waals surface area (Å²) in [4.78, 5) is 11.9. The summed E-state index contributed by atoms with van der Waals surface area (Å²) in [5, 5.41) is 11.9. The van der Waals surface area contributed by atoms with E-state index in [1.165, 1.54) is 0 Å². The summed E-state index contributed by atoms with van der Waals surface area (Å²) in [5.74, 6) is -0.262. The number of nitrogens with one attached hydrogen (secondary N) is 1.